The molecule has 0 radical (unpaired) electrons. The smallest absolute Gasteiger partial charge is 0.117 e. The third kappa shape index (κ3) is 3.33. The predicted molar refractivity (Wildman–Crippen MR) is 62.1 cm³/mol. The monoisotopic (exact) mass is 224 g/mol. The van der Waals surface area contributed by atoms with Gasteiger partial charge in [0.1, 0.15) is 5.76 Å². The van der Waals surface area contributed by atoms with Crippen LogP contribution in [-0.4, -0.2) is 42.3 Å². The summed E-state index contributed by atoms with van der Waals surface area (Å²) in [4.78, 5) is 2.39. The molecule has 0 saturated carbocycles. The summed E-state index contributed by atoms with van der Waals surface area (Å²) >= 11 is 0. The minimum atomic E-state index is 0.256. The SMILES string of the molecule is OCCC1CN(Cc2ccco2)CCCN1. The number of hydrogen-bond donors (Lipinski definition) is 2. The maximum Gasteiger partial charge on any atom is 0.117 e. The number of nitrogens with zero attached hydrogens (tertiary/aromatic N) is 1. The van der Waals surface area contributed by atoms with Crippen LogP contribution in [0.25, 0.3) is 0 Å². The maximum absolute atomic E-state index is 8.98. The molecule has 1 aliphatic rings. The van der Waals surface area contributed by atoms with Crippen LogP contribution < -0.4 is 5.32 Å². The molecule has 2 N–H and O–H groups in total. The molecule has 2 rings (SSSR count). The molecule has 1 saturated heterocycles. The van der Waals surface area contributed by atoms with Crippen LogP contribution in [0.5, 0.6) is 0 Å². The van der Waals surface area contributed by atoms with Gasteiger partial charge in [0.2, 0.25) is 0 Å². The summed E-state index contributed by atoms with van der Waals surface area (Å²) in [5, 5.41) is 12.4. The van der Waals surface area contributed by atoms with Crippen molar-refractivity contribution in [2.75, 3.05) is 26.2 Å². The Bertz CT molecular complexity index is 287. The summed E-state index contributed by atoms with van der Waals surface area (Å²) < 4.78 is 5.36. The molecular weight excluding hydrogens is 204 g/mol. The van der Waals surface area contributed by atoms with E-state index in [1.165, 1.54) is 0 Å². The van der Waals surface area contributed by atoms with Gasteiger partial charge >= 0.3 is 0 Å². The second-order valence-electron chi connectivity index (χ2n) is 4.33. The summed E-state index contributed by atoms with van der Waals surface area (Å²) in [7, 11) is 0. The highest BCUT2D eigenvalue weighted by molar-refractivity contribution is 4.98. The van der Waals surface area contributed by atoms with Crippen LogP contribution in [0, 0.1) is 0 Å². The zero-order chi connectivity index (χ0) is 11.2. The molecule has 0 aliphatic carbocycles. The number of hydrogen-bond acceptors (Lipinski definition) is 4. The zero-order valence-electron chi connectivity index (χ0n) is 9.56. The minimum Gasteiger partial charge on any atom is -0.468 e. The fraction of sp³-hybridized carbons (Fsp3) is 0.667. The number of nitrogens with one attached hydrogen (secondary N) is 1. The first-order valence-corrected chi connectivity index (χ1v) is 5.97. The van der Waals surface area contributed by atoms with Gasteiger partial charge in [0.05, 0.1) is 12.8 Å². The predicted octanol–water partition coefficient (Wildman–Crippen LogP) is 0.826. The molecule has 0 bridgehead atoms. The van der Waals surface area contributed by atoms with Crippen molar-refractivity contribution < 1.29 is 9.52 Å². The molecule has 0 spiro atoms. The Morgan fingerprint density at radius 1 is 1.56 bits per heavy atom. The Hall–Kier alpha value is -0.840. The molecule has 1 aromatic rings. The van der Waals surface area contributed by atoms with Crippen molar-refractivity contribution in [1.82, 2.24) is 10.2 Å². The van der Waals surface area contributed by atoms with Crippen LogP contribution in [0.4, 0.5) is 0 Å². The molecule has 1 aromatic heterocycles. The Morgan fingerprint density at radius 2 is 2.50 bits per heavy atom. The fourth-order valence-electron chi connectivity index (χ4n) is 2.19. The molecule has 1 unspecified atom stereocenters. The molecule has 0 amide bonds. The van der Waals surface area contributed by atoms with Crippen LogP contribution >= 0.6 is 0 Å². The van der Waals surface area contributed by atoms with Gasteiger partial charge in [0, 0.05) is 19.2 Å². The summed E-state index contributed by atoms with van der Waals surface area (Å²) in [6.45, 7) is 4.25. The van der Waals surface area contributed by atoms with E-state index in [4.69, 9.17) is 9.52 Å². The summed E-state index contributed by atoms with van der Waals surface area (Å²) in [6.07, 6.45) is 3.70. The first-order chi connectivity index (χ1) is 7.88. The van der Waals surface area contributed by atoms with Gasteiger partial charge in [0.25, 0.3) is 0 Å². The van der Waals surface area contributed by atoms with Crippen LogP contribution in [-0.2, 0) is 6.54 Å². The highest BCUT2D eigenvalue weighted by atomic mass is 16.3. The number of aliphatic hydroxyl groups excluding tert-OH is 1. The van der Waals surface area contributed by atoms with E-state index >= 15 is 0 Å². The van der Waals surface area contributed by atoms with Crippen LogP contribution in [0.2, 0.25) is 0 Å². The fourth-order valence-corrected chi connectivity index (χ4v) is 2.19. The van der Waals surface area contributed by atoms with E-state index in [2.05, 4.69) is 10.2 Å². The summed E-state index contributed by atoms with van der Waals surface area (Å²) in [5.74, 6) is 1.02. The third-order valence-corrected chi connectivity index (χ3v) is 3.00. The van der Waals surface area contributed by atoms with Crippen molar-refractivity contribution >= 4 is 0 Å². The highest BCUT2D eigenvalue weighted by Crippen LogP contribution is 2.09. The summed E-state index contributed by atoms with van der Waals surface area (Å²) in [5.41, 5.74) is 0. The van der Waals surface area contributed by atoms with Gasteiger partial charge in [-0.25, -0.2) is 0 Å². The molecule has 16 heavy (non-hydrogen) atoms. The molecule has 4 nitrogen and oxygen atoms in total. The van der Waals surface area contributed by atoms with E-state index in [1.54, 1.807) is 6.26 Å². The van der Waals surface area contributed by atoms with Crippen molar-refractivity contribution in [3.63, 3.8) is 0 Å². The lowest BCUT2D eigenvalue weighted by molar-refractivity contribution is 0.213. The quantitative estimate of drug-likeness (QED) is 0.795. The van der Waals surface area contributed by atoms with Crippen LogP contribution in [0.15, 0.2) is 22.8 Å². The average Bonchev–Trinajstić information content (AvgIpc) is 2.67. The maximum atomic E-state index is 8.98. The standard InChI is InChI=1S/C12H20N2O2/c15-7-4-11-9-14(6-2-5-13-11)10-12-3-1-8-16-12/h1,3,8,11,13,15H,2,4-7,9-10H2. The lowest BCUT2D eigenvalue weighted by Crippen LogP contribution is -2.37. The van der Waals surface area contributed by atoms with E-state index in [0.29, 0.717) is 6.04 Å². The van der Waals surface area contributed by atoms with E-state index in [1.807, 2.05) is 12.1 Å². The molecule has 1 aliphatic heterocycles. The molecule has 1 atom stereocenters. The Kier molecular flexibility index (Phi) is 4.39. The Morgan fingerprint density at radius 3 is 3.25 bits per heavy atom. The Balaban J connectivity index is 1.87. The lowest BCUT2D eigenvalue weighted by Gasteiger charge is -2.22. The van der Waals surface area contributed by atoms with Crippen molar-refractivity contribution in [2.45, 2.75) is 25.4 Å². The summed E-state index contributed by atoms with van der Waals surface area (Å²) in [6, 6.07) is 4.35. The van der Waals surface area contributed by atoms with Gasteiger partial charge in [-0.1, -0.05) is 0 Å². The van der Waals surface area contributed by atoms with E-state index in [9.17, 15) is 0 Å². The lowest BCUT2D eigenvalue weighted by atomic mass is 10.2. The van der Waals surface area contributed by atoms with E-state index < -0.39 is 0 Å². The number of rotatable bonds is 4. The second kappa shape index (κ2) is 6.03. The zero-order valence-corrected chi connectivity index (χ0v) is 9.56. The molecular formula is C12H20N2O2. The number of aliphatic hydroxyl groups is 1. The molecule has 90 valence electrons. The molecule has 0 aromatic carbocycles. The van der Waals surface area contributed by atoms with Gasteiger partial charge in [-0.3, -0.25) is 4.90 Å². The molecule has 2 heterocycles. The van der Waals surface area contributed by atoms with Crippen LogP contribution in [0.1, 0.15) is 18.6 Å². The van der Waals surface area contributed by atoms with E-state index in [0.717, 1.165) is 44.8 Å². The molecule has 4 heteroatoms. The van der Waals surface area contributed by atoms with Crippen molar-refractivity contribution in [3.8, 4) is 0 Å². The number of furan rings is 1. The largest absolute Gasteiger partial charge is 0.468 e. The van der Waals surface area contributed by atoms with E-state index in [-0.39, 0.29) is 6.61 Å². The second-order valence-corrected chi connectivity index (χ2v) is 4.33. The Labute approximate surface area is 96.2 Å². The first-order valence-electron chi connectivity index (χ1n) is 5.97. The average molecular weight is 224 g/mol. The van der Waals surface area contributed by atoms with Gasteiger partial charge in [0.15, 0.2) is 0 Å². The third-order valence-electron chi connectivity index (χ3n) is 3.00. The normalized spacial score (nSPS) is 23.2. The van der Waals surface area contributed by atoms with Gasteiger partial charge in [-0.2, -0.15) is 0 Å². The first kappa shape index (κ1) is 11.6. The highest BCUT2D eigenvalue weighted by Gasteiger charge is 2.17. The topological polar surface area (TPSA) is 48.6 Å². The molecule has 1 fully saturated rings. The van der Waals surface area contributed by atoms with Crippen molar-refractivity contribution in [2.24, 2.45) is 0 Å². The minimum absolute atomic E-state index is 0.256. The van der Waals surface area contributed by atoms with Crippen LogP contribution in [0.3, 0.4) is 0 Å². The van der Waals surface area contributed by atoms with Crippen molar-refractivity contribution in [1.29, 1.82) is 0 Å². The van der Waals surface area contributed by atoms with Crippen molar-refractivity contribution in [3.05, 3.63) is 24.2 Å². The van der Waals surface area contributed by atoms with Gasteiger partial charge < -0.3 is 14.8 Å². The van der Waals surface area contributed by atoms with Gasteiger partial charge in [-0.15, -0.1) is 0 Å². The van der Waals surface area contributed by atoms with Gasteiger partial charge in [-0.05, 0) is 38.1 Å².